The number of nitrogens with zero attached hydrogens (tertiary/aromatic N) is 2. The number of hydrogen-bond donors (Lipinski definition) is 2. The van der Waals surface area contributed by atoms with Crippen LogP contribution in [0, 0.1) is 13.8 Å². The molecule has 0 saturated heterocycles. The first-order valence-corrected chi connectivity index (χ1v) is 9.82. The third-order valence-corrected chi connectivity index (χ3v) is 5.82. The van der Waals surface area contributed by atoms with Gasteiger partial charge in [0, 0.05) is 23.5 Å². The Labute approximate surface area is 175 Å². The highest BCUT2D eigenvalue weighted by Gasteiger charge is 2.33. The molecule has 2 heterocycles. The maximum atomic E-state index is 6.34. The zero-order chi connectivity index (χ0) is 21.5. The lowest BCUT2D eigenvalue weighted by atomic mass is 9.73. The molecule has 1 unspecified atom stereocenters. The highest BCUT2D eigenvalue weighted by molar-refractivity contribution is 5.99. The number of methoxy groups -OCH3 is 1. The Morgan fingerprint density at radius 1 is 1.10 bits per heavy atom. The number of rotatable bonds is 5. The van der Waals surface area contributed by atoms with Crippen LogP contribution in [0.25, 0.3) is 22.0 Å². The van der Waals surface area contributed by atoms with Crippen LogP contribution in [-0.4, -0.2) is 23.9 Å². The van der Waals surface area contributed by atoms with Crippen LogP contribution in [0.4, 0.5) is 11.4 Å². The third kappa shape index (κ3) is 3.09. The van der Waals surface area contributed by atoms with E-state index in [1.54, 1.807) is 13.3 Å². The second kappa shape index (κ2) is 7.46. The van der Waals surface area contributed by atoms with Gasteiger partial charge in [0.25, 0.3) is 0 Å². The topological polar surface area (TPSA) is 100 Å². The van der Waals surface area contributed by atoms with Crippen molar-refractivity contribution in [3.05, 3.63) is 71.2 Å². The lowest BCUT2D eigenvalue weighted by Gasteiger charge is -2.32. The maximum absolute atomic E-state index is 6.34. The molecule has 4 aromatic rings. The summed E-state index contributed by atoms with van der Waals surface area (Å²) < 4.78 is 11.2. The number of aromatic nitrogens is 2. The molecule has 0 bridgehead atoms. The number of ether oxygens (including phenoxy) is 1. The molecule has 0 spiro atoms. The highest BCUT2D eigenvalue weighted by atomic mass is 16.5. The van der Waals surface area contributed by atoms with Crippen molar-refractivity contribution in [3.8, 4) is 11.1 Å². The van der Waals surface area contributed by atoms with E-state index in [0.717, 1.165) is 44.6 Å². The summed E-state index contributed by atoms with van der Waals surface area (Å²) in [6, 6.07) is 14.4. The van der Waals surface area contributed by atoms with E-state index in [2.05, 4.69) is 35.3 Å². The van der Waals surface area contributed by atoms with E-state index in [4.69, 9.17) is 20.7 Å². The van der Waals surface area contributed by atoms with Crippen LogP contribution in [0.1, 0.15) is 29.5 Å². The highest BCUT2D eigenvalue weighted by Crippen LogP contribution is 2.43. The monoisotopic (exact) mass is 402 g/mol. The van der Waals surface area contributed by atoms with Crippen LogP contribution in [0.5, 0.6) is 0 Å². The van der Waals surface area contributed by atoms with Crippen molar-refractivity contribution in [1.82, 2.24) is 10.1 Å². The number of anilines is 2. The van der Waals surface area contributed by atoms with Gasteiger partial charge in [0.2, 0.25) is 0 Å². The number of nitrogens with two attached hydrogens (primary N) is 2. The zero-order valence-electron chi connectivity index (χ0n) is 17.7. The Kier molecular flexibility index (Phi) is 4.95. The summed E-state index contributed by atoms with van der Waals surface area (Å²) in [5, 5.41) is 4.99. The fourth-order valence-corrected chi connectivity index (χ4v) is 4.22. The number of benzene rings is 2. The van der Waals surface area contributed by atoms with Gasteiger partial charge in [0.1, 0.15) is 5.76 Å². The van der Waals surface area contributed by atoms with E-state index in [9.17, 15) is 0 Å². The minimum atomic E-state index is -0.452. The van der Waals surface area contributed by atoms with E-state index in [1.165, 1.54) is 0 Å². The third-order valence-electron chi connectivity index (χ3n) is 5.82. The standard InChI is InChI=1S/C24H26N4O2/c1-14-22(15(2)30-28-14)17-11-21-18(23(26)20(25)12-27-21)10-19(17)24(3,13-29-4)16-8-6-5-7-9-16/h5-12H,13,25H2,1-4H3,(H2,26,27). The molecule has 4 rings (SSSR count). The molecule has 0 fully saturated rings. The molecule has 2 aromatic heterocycles. The normalized spacial score (nSPS) is 13.5. The molecule has 6 nitrogen and oxygen atoms in total. The lowest BCUT2D eigenvalue weighted by molar-refractivity contribution is 0.156. The molecule has 0 aliphatic rings. The number of fused-ring (bicyclic) bond motifs is 1. The molecule has 1 atom stereocenters. The Hall–Kier alpha value is -3.38. The number of pyridine rings is 1. The molecule has 0 aliphatic carbocycles. The molecule has 154 valence electrons. The first kappa shape index (κ1) is 19.9. The van der Waals surface area contributed by atoms with Crippen LogP contribution < -0.4 is 11.5 Å². The number of hydrogen-bond acceptors (Lipinski definition) is 6. The second-order valence-corrected chi connectivity index (χ2v) is 7.87. The fraction of sp³-hybridized carbons (Fsp3) is 0.250. The van der Waals surface area contributed by atoms with Gasteiger partial charge < -0.3 is 20.7 Å². The van der Waals surface area contributed by atoms with Gasteiger partial charge in [-0.25, -0.2) is 0 Å². The smallest absolute Gasteiger partial charge is 0.141 e. The minimum Gasteiger partial charge on any atom is -0.396 e. The number of aryl methyl sites for hydroxylation is 2. The second-order valence-electron chi connectivity index (χ2n) is 7.87. The van der Waals surface area contributed by atoms with Crippen molar-refractivity contribution in [2.75, 3.05) is 25.2 Å². The number of nitrogen functional groups attached to an aromatic ring is 2. The average Bonchev–Trinajstić information content (AvgIpc) is 3.09. The Balaban J connectivity index is 2.13. The molecule has 0 radical (unpaired) electrons. The summed E-state index contributed by atoms with van der Waals surface area (Å²) in [4.78, 5) is 4.53. The Morgan fingerprint density at radius 2 is 1.83 bits per heavy atom. The molecule has 4 N–H and O–H groups in total. The summed E-state index contributed by atoms with van der Waals surface area (Å²) in [6.07, 6.45) is 1.60. The van der Waals surface area contributed by atoms with E-state index in [-0.39, 0.29) is 0 Å². The molecule has 0 saturated carbocycles. The van der Waals surface area contributed by atoms with Crippen molar-refractivity contribution in [2.24, 2.45) is 0 Å². The average molecular weight is 402 g/mol. The van der Waals surface area contributed by atoms with Crippen molar-refractivity contribution >= 4 is 22.3 Å². The first-order chi connectivity index (χ1) is 14.4. The van der Waals surface area contributed by atoms with Gasteiger partial charge in [0.05, 0.1) is 35.4 Å². The molecular weight excluding hydrogens is 376 g/mol. The molecule has 0 aliphatic heterocycles. The Bertz CT molecular complexity index is 1200. The van der Waals surface area contributed by atoms with Crippen molar-refractivity contribution in [3.63, 3.8) is 0 Å². The van der Waals surface area contributed by atoms with Gasteiger partial charge in [-0.1, -0.05) is 35.5 Å². The molecule has 2 aromatic carbocycles. The summed E-state index contributed by atoms with van der Waals surface area (Å²) in [6.45, 7) is 6.52. The van der Waals surface area contributed by atoms with Gasteiger partial charge in [-0.05, 0) is 49.6 Å². The first-order valence-electron chi connectivity index (χ1n) is 9.82. The van der Waals surface area contributed by atoms with Gasteiger partial charge in [-0.15, -0.1) is 0 Å². The summed E-state index contributed by atoms with van der Waals surface area (Å²) in [5.41, 5.74) is 18.7. The lowest BCUT2D eigenvalue weighted by Crippen LogP contribution is -2.30. The minimum absolute atomic E-state index is 0.452. The van der Waals surface area contributed by atoms with Gasteiger partial charge in [-0.2, -0.15) is 0 Å². The molecule has 6 heteroatoms. The summed E-state index contributed by atoms with van der Waals surface area (Å²) >= 11 is 0. The van der Waals surface area contributed by atoms with Gasteiger partial charge >= 0.3 is 0 Å². The molecule has 0 amide bonds. The quantitative estimate of drug-likeness (QED) is 0.505. The largest absolute Gasteiger partial charge is 0.396 e. The molecular formula is C24H26N4O2. The van der Waals surface area contributed by atoms with Crippen LogP contribution >= 0.6 is 0 Å². The predicted octanol–water partition coefficient (Wildman–Crippen LogP) is 4.62. The predicted molar refractivity (Wildman–Crippen MR) is 120 cm³/mol. The summed E-state index contributed by atoms with van der Waals surface area (Å²) in [5.74, 6) is 0.754. The fourth-order valence-electron chi connectivity index (χ4n) is 4.22. The van der Waals surface area contributed by atoms with Gasteiger partial charge in [0.15, 0.2) is 0 Å². The van der Waals surface area contributed by atoms with E-state index < -0.39 is 5.41 Å². The molecule has 30 heavy (non-hydrogen) atoms. The zero-order valence-corrected chi connectivity index (χ0v) is 17.7. The van der Waals surface area contributed by atoms with E-state index >= 15 is 0 Å². The van der Waals surface area contributed by atoms with Crippen molar-refractivity contribution < 1.29 is 9.26 Å². The maximum Gasteiger partial charge on any atom is 0.141 e. The van der Waals surface area contributed by atoms with E-state index in [1.807, 2.05) is 38.1 Å². The van der Waals surface area contributed by atoms with Crippen LogP contribution in [0.2, 0.25) is 0 Å². The van der Waals surface area contributed by atoms with Crippen molar-refractivity contribution in [1.29, 1.82) is 0 Å². The Morgan fingerprint density at radius 3 is 2.47 bits per heavy atom. The van der Waals surface area contributed by atoms with E-state index in [0.29, 0.717) is 18.0 Å². The SMILES string of the molecule is COCC(C)(c1ccccc1)c1cc2c(N)c(N)cnc2cc1-c1c(C)noc1C. The van der Waals surface area contributed by atoms with Crippen LogP contribution in [0.15, 0.2) is 53.2 Å². The van der Waals surface area contributed by atoms with Crippen molar-refractivity contribution in [2.45, 2.75) is 26.2 Å². The van der Waals surface area contributed by atoms with Crippen LogP contribution in [0.3, 0.4) is 0 Å². The van der Waals surface area contributed by atoms with Gasteiger partial charge in [-0.3, -0.25) is 4.98 Å². The van der Waals surface area contributed by atoms with Crippen LogP contribution in [-0.2, 0) is 10.2 Å². The summed E-state index contributed by atoms with van der Waals surface area (Å²) in [7, 11) is 1.71.